The summed E-state index contributed by atoms with van der Waals surface area (Å²) >= 11 is 0. The SMILES string of the molecule is CCCCCC(=O)OCC(C=C=C1C(C)(C)CC(OC(C)=O)CC1(C)O)=C/C=C/C(C)=C/C=C/C=C(C)/C=C/C=C(\C)C(=O)CC12OC1(C)CC(O)CC2(C)C. The van der Waals surface area contributed by atoms with Crippen LogP contribution in [0, 0.1) is 10.8 Å². The van der Waals surface area contributed by atoms with E-state index in [9.17, 15) is 24.6 Å². The van der Waals surface area contributed by atoms with E-state index in [0.29, 0.717) is 43.3 Å². The average Bonchev–Trinajstić information content (AvgIpc) is 3.68. The van der Waals surface area contributed by atoms with Crippen molar-refractivity contribution < 1.29 is 38.8 Å². The molecule has 0 aromatic carbocycles. The number of ketones is 1. The third kappa shape index (κ3) is 12.9. The smallest absolute Gasteiger partial charge is 0.306 e. The quantitative estimate of drug-likeness (QED) is 0.0374. The summed E-state index contributed by atoms with van der Waals surface area (Å²) in [4.78, 5) is 37.2. The van der Waals surface area contributed by atoms with Crippen molar-refractivity contribution in [2.75, 3.05) is 6.61 Å². The molecule has 3 rings (SSSR count). The molecule has 1 saturated heterocycles. The summed E-state index contributed by atoms with van der Waals surface area (Å²) in [6.45, 7) is 21.3. The molecule has 0 amide bonds. The Morgan fingerprint density at radius 1 is 0.839 bits per heavy atom. The topological polar surface area (TPSA) is 123 Å². The molecular weight excluding hydrogens is 705 g/mol. The normalized spacial score (nSPS) is 29.3. The van der Waals surface area contributed by atoms with Crippen molar-refractivity contribution >= 4 is 17.7 Å². The first-order valence-electron chi connectivity index (χ1n) is 20.2. The van der Waals surface area contributed by atoms with E-state index in [1.807, 2.05) is 102 Å². The first-order chi connectivity index (χ1) is 26.1. The number of Topliss-reactive ketones (excluding diaryl/α,β-unsaturated/α-hetero) is 1. The van der Waals surface area contributed by atoms with Crippen molar-refractivity contribution in [3.05, 3.63) is 100 Å². The monoisotopic (exact) mass is 772 g/mol. The summed E-state index contributed by atoms with van der Waals surface area (Å²) in [5.41, 5.74) is 4.50. The van der Waals surface area contributed by atoms with Gasteiger partial charge in [0.1, 0.15) is 18.3 Å². The first-order valence-corrected chi connectivity index (χ1v) is 20.2. The molecule has 3 fully saturated rings. The zero-order valence-corrected chi connectivity index (χ0v) is 35.9. The Bertz CT molecular complexity index is 1710. The standard InChI is InChI=1S/C48H68O8/c1-12-13-14-25-43(52)54-33-38(26-27-42-44(6,7)30-40(55-37(5)49)31-46(42,10)53)24-18-22-35(3)20-16-15-19-34(2)21-17-23-36(4)41(51)32-48-45(8,9)28-39(50)29-47(48,11)56-48/h15-24,26,39-40,50,53H,12-14,25,28-33H2,1-11H3/b16-15+,21-17+,22-18+,34-19+,35-20+,36-23+,38-24?. The molecule has 5 unspecified atom stereocenters. The predicted molar refractivity (Wildman–Crippen MR) is 224 cm³/mol. The second kappa shape index (κ2) is 19.6. The third-order valence-corrected chi connectivity index (χ3v) is 11.4. The molecule has 308 valence electrons. The number of carbonyl (C=O) groups excluding carboxylic acids is 3. The van der Waals surface area contributed by atoms with Gasteiger partial charge in [0.05, 0.1) is 17.3 Å². The first kappa shape index (κ1) is 46.6. The lowest BCUT2D eigenvalue weighted by Crippen LogP contribution is -2.48. The highest BCUT2D eigenvalue weighted by atomic mass is 16.6. The summed E-state index contributed by atoms with van der Waals surface area (Å²) in [5, 5.41) is 21.7. The van der Waals surface area contributed by atoms with E-state index in [1.165, 1.54) is 6.92 Å². The molecule has 0 spiro atoms. The van der Waals surface area contributed by atoms with Crippen molar-refractivity contribution in [2.24, 2.45) is 10.8 Å². The van der Waals surface area contributed by atoms with E-state index in [4.69, 9.17) is 14.2 Å². The number of epoxide rings is 1. The van der Waals surface area contributed by atoms with Crippen molar-refractivity contribution in [3.63, 3.8) is 0 Å². The number of aliphatic hydroxyl groups is 2. The van der Waals surface area contributed by atoms with Crippen LogP contribution in [0.15, 0.2) is 100 Å². The van der Waals surface area contributed by atoms with Crippen LogP contribution < -0.4 is 0 Å². The van der Waals surface area contributed by atoms with E-state index >= 15 is 0 Å². The van der Waals surface area contributed by atoms with Gasteiger partial charge in [-0.15, -0.1) is 5.73 Å². The van der Waals surface area contributed by atoms with E-state index in [2.05, 4.69) is 26.5 Å². The number of unbranched alkanes of at least 4 members (excludes halogenated alkanes) is 2. The van der Waals surface area contributed by atoms with Crippen molar-refractivity contribution in [2.45, 2.75) is 163 Å². The second-order valence-electron chi connectivity index (χ2n) is 17.8. The molecule has 2 saturated carbocycles. The molecule has 0 aromatic rings. The summed E-state index contributed by atoms with van der Waals surface area (Å²) in [5.74, 6) is -0.548. The Kier molecular flexibility index (Phi) is 16.3. The molecule has 1 aliphatic heterocycles. The van der Waals surface area contributed by atoms with Gasteiger partial charge >= 0.3 is 11.9 Å². The number of rotatable bonds is 17. The lowest BCUT2D eigenvalue weighted by Gasteiger charge is -2.44. The molecule has 3 aliphatic rings. The Labute approximate surface area is 336 Å². The minimum absolute atomic E-state index is 0.0634. The zero-order chi connectivity index (χ0) is 42.0. The summed E-state index contributed by atoms with van der Waals surface area (Å²) in [6.07, 6.45) is 25.8. The lowest BCUT2D eigenvalue weighted by atomic mass is 9.61. The number of hydrogen-bond acceptors (Lipinski definition) is 8. The van der Waals surface area contributed by atoms with Gasteiger partial charge in [-0.1, -0.05) is 119 Å². The van der Waals surface area contributed by atoms with Gasteiger partial charge in [0.25, 0.3) is 0 Å². The molecule has 2 aliphatic carbocycles. The molecule has 2 N–H and O–H groups in total. The molecule has 0 radical (unpaired) electrons. The number of aliphatic hydroxyl groups excluding tert-OH is 1. The molecule has 5 atom stereocenters. The minimum Gasteiger partial charge on any atom is -0.462 e. The number of fused-ring (bicyclic) bond motifs is 1. The van der Waals surface area contributed by atoms with Gasteiger partial charge < -0.3 is 24.4 Å². The maximum Gasteiger partial charge on any atom is 0.306 e. The van der Waals surface area contributed by atoms with Crippen LogP contribution in [0.25, 0.3) is 0 Å². The largest absolute Gasteiger partial charge is 0.462 e. The second-order valence-corrected chi connectivity index (χ2v) is 17.8. The fourth-order valence-electron chi connectivity index (χ4n) is 8.55. The number of carbonyl (C=O) groups is 3. The Morgan fingerprint density at radius 2 is 1.46 bits per heavy atom. The molecule has 8 heteroatoms. The summed E-state index contributed by atoms with van der Waals surface area (Å²) in [7, 11) is 0. The Balaban J connectivity index is 1.67. The molecule has 0 bridgehead atoms. The fraction of sp³-hybridized carbons (Fsp3) is 0.583. The van der Waals surface area contributed by atoms with Crippen molar-refractivity contribution in [1.29, 1.82) is 0 Å². The van der Waals surface area contributed by atoms with E-state index in [0.717, 1.165) is 36.0 Å². The summed E-state index contributed by atoms with van der Waals surface area (Å²) in [6, 6.07) is 0. The van der Waals surface area contributed by atoms with E-state index < -0.39 is 28.3 Å². The number of hydrogen-bond donors (Lipinski definition) is 2. The van der Waals surface area contributed by atoms with E-state index in [-0.39, 0.29) is 42.3 Å². The fourth-order valence-corrected chi connectivity index (χ4v) is 8.55. The lowest BCUT2D eigenvalue weighted by molar-refractivity contribution is -0.152. The van der Waals surface area contributed by atoms with Crippen LogP contribution in [-0.2, 0) is 28.6 Å². The van der Waals surface area contributed by atoms with Gasteiger partial charge in [-0.3, -0.25) is 14.4 Å². The van der Waals surface area contributed by atoms with Crippen LogP contribution in [0.3, 0.4) is 0 Å². The maximum absolute atomic E-state index is 13.2. The van der Waals surface area contributed by atoms with Crippen LogP contribution >= 0.6 is 0 Å². The van der Waals surface area contributed by atoms with E-state index in [1.54, 1.807) is 13.0 Å². The number of ether oxygens (including phenoxy) is 3. The van der Waals surface area contributed by atoms with Crippen LogP contribution in [0.2, 0.25) is 0 Å². The Hall–Kier alpha value is -3.81. The summed E-state index contributed by atoms with van der Waals surface area (Å²) < 4.78 is 17.3. The van der Waals surface area contributed by atoms with Crippen LogP contribution in [0.5, 0.6) is 0 Å². The highest BCUT2D eigenvalue weighted by molar-refractivity contribution is 5.96. The molecule has 56 heavy (non-hydrogen) atoms. The molecule has 8 nitrogen and oxygen atoms in total. The van der Waals surface area contributed by atoms with Crippen molar-refractivity contribution in [3.8, 4) is 0 Å². The zero-order valence-electron chi connectivity index (χ0n) is 35.9. The van der Waals surface area contributed by atoms with Gasteiger partial charge in [-0.2, -0.15) is 0 Å². The van der Waals surface area contributed by atoms with Gasteiger partial charge in [0, 0.05) is 38.2 Å². The number of allylic oxidation sites excluding steroid dienone is 13. The highest BCUT2D eigenvalue weighted by Crippen LogP contribution is 2.67. The number of esters is 2. The Morgan fingerprint density at radius 3 is 2.04 bits per heavy atom. The van der Waals surface area contributed by atoms with Crippen LogP contribution in [-0.4, -0.2) is 63.6 Å². The third-order valence-electron chi connectivity index (χ3n) is 11.4. The van der Waals surface area contributed by atoms with Crippen LogP contribution in [0.4, 0.5) is 0 Å². The molecule has 0 aromatic heterocycles. The molecular formula is C48H68O8. The van der Waals surface area contributed by atoms with Crippen LogP contribution in [0.1, 0.15) is 134 Å². The predicted octanol–water partition coefficient (Wildman–Crippen LogP) is 9.80. The van der Waals surface area contributed by atoms with Crippen molar-refractivity contribution in [1.82, 2.24) is 0 Å². The van der Waals surface area contributed by atoms with Gasteiger partial charge in [0.2, 0.25) is 0 Å². The van der Waals surface area contributed by atoms with Gasteiger partial charge in [0.15, 0.2) is 5.78 Å². The average molecular weight is 773 g/mol. The van der Waals surface area contributed by atoms with Gasteiger partial charge in [-0.25, -0.2) is 0 Å². The minimum atomic E-state index is -1.23. The van der Waals surface area contributed by atoms with Gasteiger partial charge in [-0.05, 0) is 81.9 Å². The molecule has 1 heterocycles. The highest BCUT2D eigenvalue weighted by Gasteiger charge is 2.76. The maximum atomic E-state index is 13.2.